The van der Waals surface area contributed by atoms with E-state index < -0.39 is 21.9 Å². The van der Waals surface area contributed by atoms with Gasteiger partial charge in [0.1, 0.15) is 23.7 Å². The first-order chi connectivity index (χ1) is 18.6. The zero-order valence-electron chi connectivity index (χ0n) is 20.8. The van der Waals surface area contributed by atoms with E-state index >= 15 is 0 Å². The summed E-state index contributed by atoms with van der Waals surface area (Å²) in [6.45, 7) is 3.12. The van der Waals surface area contributed by atoms with Crippen molar-refractivity contribution in [2.75, 3.05) is 37.3 Å². The fourth-order valence-corrected chi connectivity index (χ4v) is 6.04. The summed E-state index contributed by atoms with van der Waals surface area (Å²) >= 11 is 12.5. The molecule has 1 aliphatic heterocycles. The monoisotopic (exact) mass is 589 g/mol. The first-order valence-corrected chi connectivity index (χ1v) is 14.4. The molecule has 39 heavy (non-hydrogen) atoms. The van der Waals surface area contributed by atoms with Gasteiger partial charge in [0.15, 0.2) is 11.6 Å². The molecule has 3 aromatic heterocycles. The van der Waals surface area contributed by atoms with Gasteiger partial charge < -0.3 is 9.64 Å². The fraction of sp³-hybridized carbons (Fsp3) is 0.280. The Labute approximate surface area is 234 Å². The summed E-state index contributed by atoms with van der Waals surface area (Å²) in [6, 6.07) is 6.62. The van der Waals surface area contributed by atoms with Gasteiger partial charge in [-0.3, -0.25) is 10.1 Å². The van der Waals surface area contributed by atoms with E-state index in [9.17, 15) is 18.1 Å². The Morgan fingerprint density at radius 1 is 1.13 bits per heavy atom. The van der Waals surface area contributed by atoms with Crippen molar-refractivity contribution in [3.63, 3.8) is 0 Å². The Bertz CT molecular complexity index is 1700. The number of sulfonamides is 1. The second-order valence-corrected chi connectivity index (χ2v) is 11.8. The Morgan fingerprint density at radius 2 is 1.82 bits per heavy atom. The highest BCUT2D eigenvalue weighted by Crippen LogP contribution is 2.36. The maximum atomic E-state index is 14.9. The van der Waals surface area contributed by atoms with Crippen molar-refractivity contribution in [1.29, 1.82) is 5.26 Å². The molecule has 0 unspecified atom stereocenters. The molecule has 1 atom stereocenters. The Morgan fingerprint density at radius 3 is 2.46 bits per heavy atom. The van der Waals surface area contributed by atoms with E-state index in [0.29, 0.717) is 75.3 Å². The molecule has 202 valence electrons. The van der Waals surface area contributed by atoms with Crippen LogP contribution in [0.3, 0.4) is 0 Å². The Hall–Kier alpha value is -3.50. The predicted molar refractivity (Wildman–Crippen MR) is 146 cm³/mol. The van der Waals surface area contributed by atoms with Crippen molar-refractivity contribution in [2.45, 2.75) is 13.0 Å². The minimum absolute atomic E-state index is 0.0320. The molecule has 0 saturated carbocycles. The average molecular weight is 590 g/mol. The van der Waals surface area contributed by atoms with E-state index in [4.69, 9.17) is 27.9 Å². The van der Waals surface area contributed by atoms with Gasteiger partial charge in [-0.15, -0.1) is 0 Å². The van der Waals surface area contributed by atoms with Gasteiger partial charge in [-0.2, -0.15) is 14.7 Å². The minimum Gasteiger partial charge on any atom is -0.483 e. The van der Waals surface area contributed by atoms with E-state index in [-0.39, 0.29) is 5.75 Å². The van der Waals surface area contributed by atoms with Gasteiger partial charge in [-0.1, -0.05) is 23.2 Å². The van der Waals surface area contributed by atoms with E-state index in [2.05, 4.69) is 26.2 Å². The zero-order chi connectivity index (χ0) is 27.9. The number of rotatable bonds is 6. The molecule has 0 spiro atoms. The van der Waals surface area contributed by atoms with E-state index in [1.54, 1.807) is 19.2 Å². The lowest BCUT2D eigenvalue weighted by atomic mass is 10.1. The summed E-state index contributed by atoms with van der Waals surface area (Å²) < 4.78 is 45.9. The normalized spacial score (nSPS) is 15.3. The van der Waals surface area contributed by atoms with Crippen LogP contribution in [0.4, 0.5) is 10.2 Å². The SMILES string of the molecule is C[C@@H](Oc1cc2c(-c3cnc(N4CCN(S(C)(=O)=O)CC4)c(C#N)c3)n[nH]c2cc1F)c1c(Cl)cncc1Cl. The number of halogens is 3. The lowest BCUT2D eigenvalue weighted by molar-refractivity contribution is 0.217. The summed E-state index contributed by atoms with van der Waals surface area (Å²) in [6.07, 6.45) is 4.95. The van der Waals surface area contributed by atoms with Crippen molar-refractivity contribution < 1.29 is 17.5 Å². The maximum absolute atomic E-state index is 14.9. The number of nitriles is 1. The average Bonchev–Trinajstić information content (AvgIpc) is 3.30. The molecule has 5 rings (SSSR count). The number of nitrogens with zero attached hydrogens (tertiary/aromatic N) is 6. The molecule has 1 aromatic carbocycles. The summed E-state index contributed by atoms with van der Waals surface area (Å²) in [7, 11) is -3.28. The minimum atomic E-state index is -3.28. The molecule has 1 saturated heterocycles. The number of anilines is 1. The molecule has 0 radical (unpaired) electrons. The molecule has 0 amide bonds. The summed E-state index contributed by atoms with van der Waals surface area (Å²) in [5.41, 5.74) is 2.23. The van der Waals surface area contributed by atoms with Gasteiger partial charge in [0, 0.05) is 67.3 Å². The van der Waals surface area contributed by atoms with Crippen molar-refractivity contribution in [3.8, 4) is 23.1 Å². The van der Waals surface area contributed by atoms with Crippen molar-refractivity contribution in [3.05, 3.63) is 63.8 Å². The van der Waals surface area contributed by atoms with Crippen LogP contribution in [0.2, 0.25) is 10.0 Å². The molecular weight excluding hydrogens is 568 g/mol. The van der Waals surface area contributed by atoms with Gasteiger partial charge in [0.2, 0.25) is 10.0 Å². The summed E-state index contributed by atoms with van der Waals surface area (Å²) in [5, 5.41) is 18.2. The van der Waals surface area contributed by atoms with Crippen molar-refractivity contribution in [1.82, 2.24) is 24.5 Å². The van der Waals surface area contributed by atoms with Crippen LogP contribution < -0.4 is 9.64 Å². The number of fused-ring (bicyclic) bond motifs is 1. The molecule has 1 aliphatic rings. The van der Waals surface area contributed by atoms with Gasteiger partial charge in [0.25, 0.3) is 0 Å². The quantitative estimate of drug-likeness (QED) is 0.346. The smallest absolute Gasteiger partial charge is 0.211 e. The lowest BCUT2D eigenvalue weighted by Gasteiger charge is -2.34. The van der Waals surface area contributed by atoms with E-state index in [1.165, 1.54) is 35.1 Å². The van der Waals surface area contributed by atoms with Crippen LogP contribution in [-0.4, -0.2) is 65.3 Å². The number of aromatic nitrogens is 4. The number of pyridine rings is 2. The number of aromatic amines is 1. The topological polar surface area (TPSA) is 128 Å². The second kappa shape index (κ2) is 10.6. The zero-order valence-corrected chi connectivity index (χ0v) is 23.1. The predicted octanol–water partition coefficient (Wildman–Crippen LogP) is 4.56. The van der Waals surface area contributed by atoms with Crippen LogP contribution in [0.15, 0.2) is 36.8 Å². The van der Waals surface area contributed by atoms with Gasteiger partial charge in [0.05, 0.1) is 27.4 Å². The molecule has 0 aliphatic carbocycles. The van der Waals surface area contributed by atoms with Gasteiger partial charge >= 0.3 is 0 Å². The second-order valence-electron chi connectivity index (χ2n) is 9.03. The van der Waals surface area contributed by atoms with Crippen LogP contribution in [-0.2, 0) is 10.0 Å². The van der Waals surface area contributed by atoms with Gasteiger partial charge in [-0.05, 0) is 19.1 Å². The van der Waals surface area contributed by atoms with Crippen LogP contribution >= 0.6 is 23.2 Å². The Kier molecular flexibility index (Phi) is 7.35. The number of hydrogen-bond donors (Lipinski definition) is 1. The van der Waals surface area contributed by atoms with Crippen LogP contribution in [0, 0.1) is 17.1 Å². The van der Waals surface area contributed by atoms with E-state index in [1.807, 2.05) is 4.90 Å². The molecule has 1 fully saturated rings. The molecule has 4 heterocycles. The first kappa shape index (κ1) is 27.1. The third kappa shape index (κ3) is 5.35. The molecule has 14 heteroatoms. The third-order valence-electron chi connectivity index (χ3n) is 6.48. The Balaban J connectivity index is 1.45. The summed E-state index contributed by atoms with van der Waals surface area (Å²) in [4.78, 5) is 10.3. The molecular formula is C25H22Cl2FN7O3S. The third-order valence-corrected chi connectivity index (χ3v) is 8.39. The van der Waals surface area contributed by atoms with Crippen molar-refractivity contribution in [2.24, 2.45) is 0 Å². The number of hydrogen-bond acceptors (Lipinski definition) is 8. The number of ether oxygens (including phenoxy) is 1. The summed E-state index contributed by atoms with van der Waals surface area (Å²) in [5.74, 6) is -0.176. The van der Waals surface area contributed by atoms with Gasteiger partial charge in [-0.25, -0.2) is 17.8 Å². The molecule has 0 bridgehead atoms. The highest BCUT2D eigenvalue weighted by molar-refractivity contribution is 7.88. The largest absolute Gasteiger partial charge is 0.483 e. The fourth-order valence-electron chi connectivity index (χ4n) is 4.54. The highest BCUT2D eigenvalue weighted by atomic mass is 35.5. The number of H-pyrrole nitrogens is 1. The maximum Gasteiger partial charge on any atom is 0.211 e. The number of piperazine rings is 1. The number of benzene rings is 1. The molecule has 1 N–H and O–H groups in total. The lowest BCUT2D eigenvalue weighted by Crippen LogP contribution is -2.48. The van der Waals surface area contributed by atoms with Crippen LogP contribution in [0.5, 0.6) is 5.75 Å². The number of nitrogens with one attached hydrogen (secondary N) is 1. The highest BCUT2D eigenvalue weighted by Gasteiger charge is 2.26. The van der Waals surface area contributed by atoms with Crippen molar-refractivity contribution >= 4 is 49.9 Å². The van der Waals surface area contributed by atoms with Crippen LogP contribution in [0.25, 0.3) is 22.2 Å². The van der Waals surface area contributed by atoms with E-state index in [0.717, 1.165) is 0 Å². The van der Waals surface area contributed by atoms with Crippen LogP contribution in [0.1, 0.15) is 24.2 Å². The molecule has 10 nitrogen and oxygen atoms in total. The standard InChI is InChI=1S/C25H22Cl2FN7O3S/c1-14(23-18(26)12-30-13-19(23)27)38-22-8-17-21(9-20(22)28)32-33-24(17)16-7-15(10-29)25(31-11-16)34-3-5-35(6-4-34)39(2,36)37/h7-9,11-14H,3-6H2,1-2H3,(H,32,33)/t14-/m1/s1. The molecule has 4 aromatic rings. The first-order valence-electron chi connectivity index (χ1n) is 11.8.